The summed E-state index contributed by atoms with van der Waals surface area (Å²) >= 11 is 0. The molecule has 0 radical (unpaired) electrons. The van der Waals surface area contributed by atoms with E-state index in [9.17, 15) is 4.79 Å². The van der Waals surface area contributed by atoms with Gasteiger partial charge in [0.2, 0.25) is 0 Å². The van der Waals surface area contributed by atoms with Gasteiger partial charge < -0.3 is 14.2 Å². The first kappa shape index (κ1) is 8.49. The molecule has 4 heteroatoms. The Bertz CT molecular complexity index is 128. The molecule has 4 nitrogen and oxygen atoms in total. The fraction of sp³-hybridized carbons (Fsp3) is 0.857. The zero-order valence-corrected chi connectivity index (χ0v) is 6.54. The molecule has 1 aliphatic rings. The topological polar surface area (TPSA) is 44.8 Å². The van der Waals surface area contributed by atoms with Crippen LogP contribution in [0.4, 0.5) is 0 Å². The molecule has 0 spiro atoms. The van der Waals surface area contributed by atoms with Crippen LogP contribution in [0.3, 0.4) is 0 Å². The van der Waals surface area contributed by atoms with Crippen LogP contribution in [0.1, 0.15) is 19.8 Å². The summed E-state index contributed by atoms with van der Waals surface area (Å²) in [5.41, 5.74) is 0. The quantitative estimate of drug-likeness (QED) is 0.556. The maximum Gasteiger partial charge on any atom is 0.318 e. The van der Waals surface area contributed by atoms with E-state index in [1.165, 1.54) is 0 Å². The molecular weight excluding hydrogens is 148 g/mol. The zero-order valence-electron chi connectivity index (χ0n) is 6.54. The molecule has 0 saturated carbocycles. The Labute approximate surface area is 65.4 Å². The van der Waals surface area contributed by atoms with Crippen LogP contribution < -0.4 is 0 Å². The minimum absolute atomic E-state index is 0.295. The van der Waals surface area contributed by atoms with Gasteiger partial charge in [-0.3, -0.25) is 4.79 Å². The normalized spacial score (nSPS) is 19.7. The second-order valence-electron chi connectivity index (χ2n) is 2.23. The lowest BCUT2D eigenvalue weighted by atomic mass is 10.5. The molecule has 0 bridgehead atoms. The second kappa shape index (κ2) is 4.31. The molecule has 0 amide bonds. The summed E-state index contributed by atoms with van der Waals surface area (Å²) in [6.07, 6.45) is 1.21. The highest BCUT2D eigenvalue weighted by molar-refractivity contribution is 5.68. The zero-order chi connectivity index (χ0) is 8.10. The fourth-order valence-electron chi connectivity index (χ4n) is 0.725. The minimum atomic E-state index is -0.767. The Kier molecular flexibility index (Phi) is 3.32. The smallest absolute Gasteiger partial charge is 0.318 e. The summed E-state index contributed by atoms with van der Waals surface area (Å²) in [7, 11) is 0. The lowest BCUT2D eigenvalue weighted by Crippen LogP contribution is -2.29. The lowest BCUT2D eigenvalue weighted by Gasteiger charge is -2.22. The largest absolute Gasteiger partial charge is 0.410 e. The van der Waals surface area contributed by atoms with Crippen LogP contribution in [0.2, 0.25) is 0 Å². The molecule has 0 atom stereocenters. The Hall–Kier alpha value is -0.610. The third kappa shape index (κ3) is 2.86. The molecule has 1 fully saturated rings. The number of ether oxygens (including phenoxy) is 3. The number of esters is 1. The van der Waals surface area contributed by atoms with Crippen molar-refractivity contribution in [3.8, 4) is 0 Å². The van der Waals surface area contributed by atoms with E-state index in [-0.39, 0.29) is 5.97 Å². The predicted molar refractivity (Wildman–Crippen MR) is 36.7 cm³/mol. The summed E-state index contributed by atoms with van der Waals surface area (Å²) in [5, 5.41) is 0. The molecule has 1 rings (SSSR count). The Morgan fingerprint density at radius 2 is 2.18 bits per heavy atom. The monoisotopic (exact) mass is 160 g/mol. The Morgan fingerprint density at radius 1 is 1.55 bits per heavy atom. The second-order valence-corrected chi connectivity index (χ2v) is 2.23. The standard InChI is InChI=1S/C7H12O4/c1-2-6(8)11-7-9-4-3-5-10-7/h7H,2-5H2,1H3. The molecule has 0 aromatic heterocycles. The predicted octanol–water partition coefficient (Wildman–Crippen LogP) is 0.660. The van der Waals surface area contributed by atoms with E-state index in [0.29, 0.717) is 19.6 Å². The van der Waals surface area contributed by atoms with Crippen molar-refractivity contribution >= 4 is 5.97 Å². The molecular formula is C7H12O4. The average Bonchev–Trinajstić information content (AvgIpc) is 2.06. The van der Waals surface area contributed by atoms with Gasteiger partial charge in [0.05, 0.1) is 13.2 Å². The van der Waals surface area contributed by atoms with Crippen molar-refractivity contribution in [2.45, 2.75) is 26.2 Å². The van der Waals surface area contributed by atoms with Crippen molar-refractivity contribution in [1.82, 2.24) is 0 Å². The summed E-state index contributed by atoms with van der Waals surface area (Å²) in [6, 6.07) is 0. The number of hydrogen-bond donors (Lipinski definition) is 0. The maximum absolute atomic E-state index is 10.7. The van der Waals surface area contributed by atoms with Crippen LogP contribution in [-0.4, -0.2) is 25.7 Å². The van der Waals surface area contributed by atoms with Crippen LogP contribution in [-0.2, 0) is 19.0 Å². The van der Waals surface area contributed by atoms with Crippen molar-refractivity contribution in [2.24, 2.45) is 0 Å². The van der Waals surface area contributed by atoms with Crippen molar-refractivity contribution < 1.29 is 19.0 Å². The van der Waals surface area contributed by atoms with Crippen LogP contribution >= 0.6 is 0 Å². The van der Waals surface area contributed by atoms with Gasteiger partial charge in [-0.2, -0.15) is 0 Å². The maximum atomic E-state index is 10.7. The SMILES string of the molecule is CCC(=O)OC1OCCCO1. The van der Waals surface area contributed by atoms with Crippen LogP contribution in [0.15, 0.2) is 0 Å². The lowest BCUT2D eigenvalue weighted by molar-refractivity contribution is -0.296. The first-order chi connectivity index (χ1) is 5.33. The van der Waals surface area contributed by atoms with E-state index in [1.807, 2.05) is 0 Å². The van der Waals surface area contributed by atoms with Gasteiger partial charge in [0, 0.05) is 6.42 Å². The highest BCUT2D eigenvalue weighted by Crippen LogP contribution is 2.06. The van der Waals surface area contributed by atoms with Gasteiger partial charge >= 0.3 is 12.4 Å². The van der Waals surface area contributed by atoms with Crippen molar-refractivity contribution in [3.05, 3.63) is 0 Å². The van der Waals surface area contributed by atoms with Gasteiger partial charge in [-0.05, 0) is 6.42 Å². The third-order valence-corrected chi connectivity index (χ3v) is 1.31. The van der Waals surface area contributed by atoms with E-state index in [0.717, 1.165) is 6.42 Å². The van der Waals surface area contributed by atoms with E-state index in [4.69, 9.17) is 14.2 Å². The van der Waals surface area contributed by atoms with Crippen molar-refractivity contribution in [1.29, 1.82) is 0 Å². The molecule has 0 N–H and O–H groups in total. The van der Waals surface area contributed by atoms with Gasteiger partial charge in [0.25, 0.3) is 0 Å². The van der Waals surface area contributed by atoms with Crippen LogP contribution in [0.25, 0.3) is 0 Å². The molecule has 0 aliphatic carbocycles. The molecule has 1 saturated heterocycles. The summed E-state index contributed by atoms with van der Waals surface area (Å²) < 4.78 is 14.7. The van der Waals surface area contributed by atoms with Crippen LogP contribution in [0, 0.1) is 0 Å². The summed E-state index contributed by atoms with van der Waals surface area (Å²) in [6.45, 7) is 2.16. The van der Waals surface area contributed by atoms with Crippen molar-refractivity contribution in [2.75, 3.05) is 13.2 Å². The van der Waals surface area contributed by atoms with Gasteiger partial charge in [0.1, 0.15) is 0 Å². The fourth-order valence-corrected chi connectivity index (χ4v) is 0.725. The van der Waals surface area contributed by atoms with Gasteiger partial charge in [0.15, 0.2) is 0 Å². The van der Waals surface area contributed by atoms with E-state index in [2.05, 4.69) is 0 Å². The summed E-state index contributed by atoms with van der Waals surface area (Å²) in [5.74, 6) is -0.295. The number of rotatable bonds is 2. The molecule has 1 heterocycles. The molecule has 1 aliphatic heterocycles. The number of carbonyl (C=O) groups excluding carboxylic acids is 1. The molecule has 0 aromatic carbocycles. The third-order valence-electron chi connectivity index (χ3n) is 1.31. The highest BCUT2D eigenvalue weighted by Gasteiger charge is 2.17. The van der Waals surface area contributed by atoms with E-state index in [1.54, 1.807) is 6.92 Å². The molecule has 0 unspecified atom stereocenters. The first-order valence-corrected chi connectivity index (χ1v) is 3.75. The highest BCUT2D eigenvalue weighted by atomic mass is 16.9. The summed E-state index contributed by atoms with van der Waals surface area (Å²) in [4.78, 5) is 10.7. The Balaban J connectivity index is 2.19. The number of hydrogen-bond acceptors (Lipinski definition) is 4. The first-order valence-electron chi connectivity index (χ1n) is 3.75. The molecule has 64 valence electrons. The molecule has 11 heavy (non-hydrogen) atoms. The van der Waals surface area contributed by atoms with Gasteiger partial charge in [-0.1, -0.05) is 6.92 Å². The van der Waals surface area contributed by atoms with Gasteiger partial charge in [-0.15, -0.1) is 0 Å². The van der Waals surface area contributed by atoms with E-state index >= 15 is 0 Å². The number of carbonyl (C=O) groups is 1. The van der Waals surface area contributed by atoms with Crippen molar-refractivity contribution in [3.63, 3.8) is 0 Å². The van der Waals surface area contributed by atoms with Gasteiger partial charge in [-0.25, -0.2) is 0 Å². The van der Waals surface area contributed by atoms with Crippen LogP contribution in [0.5, 0.6) is 0 Å². The van der Waals surface area contributed by atoms with E-state index < -0.39 is 6.48 Å². The minimum Gasteiger partial charge on any atom is -0.410 e. The molecule has 0 aromatic rings. The Morgan fingerprint density at radius 3 is 2.73 bits per heavy atom. The average molecular weight is 160 g/mol.